The summed E-state index contributed by atoms with van der Waals surface area (Å²) < 4.78 is 6.26. The average molecular weight is 379 g/mol. The number of carbonyl (C=O) groups is 1. The number of nitrogens with zero attached hydrogens (tertiary/aromatic N) is 2. The van der Waals surface area contributed by atoms with Crippen molar-refractivity contribution < 1.29 is 9.53 Å². The van der Waals surface area contributed by atoms with E-state index in [0.717, 1.165) is 36.0 Å². The third-order valence-electron chi connectivity index (χ3n) is 7.00. The number of nitrogens with two attached hydrogens (primary N) is 1. The van der Waals surface area contributed by atoms with Crippen LogP contribution in [-0.4, -0.2) is 34.1 Å². The van der Waals surface area contributed by atoms with Gasteiger partial charge in [-0.15, -0.1) is 0 Å². The number of anilines is 1. The zero-order valence-corrected chi connectivity index (χ0v) is 15.8. The molecule has 4 aliphatic carbocycles. The van der Waals surface area contributed by atoms with E-state index in [1.165, 1.54) is 12.8 Å². The van der Waals surface area contributed by atoms with Gasteiger partial charge in [-0.1, -0.05) is 0 Å². The van der Waals surface area contributed by atoms with Gasteiger partial charge in [0.15, 0.2) is 0 Å². The van der Waals surface area contributed by atoms with E-state index in [0.29, 0.717) is 42.4 Å². The second kappa shape index (κ2) is 6.49. The number of primary amides is 1. The van der Waals surface area contributed by atoms with E-state index in [4.69, 9.17) is 15.7 Å². The number of H-pyrrole nitrogens is 1. The summed E-state index contributed by atoms with van der Waals surface area (Å²) in [7, 11) is 0. The molecule has 1 unspecified atom stereocenters. The van der Waals surface area contributed by atoms with Crippen LogP contribution in [0.5, 0.6) is 0 Å². The van der Waals surface area contributed by atoms with Gasteiger partial charge in [0.1, 0.15) is 5.65 Å². The Bertz CT molecular complexity index is 945. The fourth-order valence-corrected chi connectivity index (χ4v) is 6.19. The number of nitriles is 1. The van der Waals surface area contributed by atoms with Crippen LogP contribution in [0.25, 0.3) is 11.0 Å². The summed E-state index contributed by atoms with van der Waals surface area (Å²) in [5.41, 5.74) is 7.59. The van der Waals surface area contributed by atoms with Crippen molar-refractivity contribution in [3.63, 3.8) is 0 Å². The zero-order valence-electron chi connectivity index (χ0n) is 15.8. The minimum atomic E-state index is -0.460. The van der Waals surface area contributed by atoms with Crippen molar-refractivity contribution in [2.45, 2.75) is 50.2 Å². The highest BCUT2D eigenvalue weighted by Crippen LogP contribution is 2.58. The monoisotopic (exact) mass is 379 g/mol. The summed E-state index contributed by atoms with van der Waals surface area (Å²) >= 11 is 0. The lowest BCUT2D eigenvalue weighted by molar-refractivity contribution is -0.165. The van der Waals surface area contributed by atoms with Crippen LogP contribution in [-0.2, 0) is 4.74 Å². The van der Waals surface area contributed by atoms with E-state index in [2.05, 4.69) is 21.4 Å². The second-order valence-electron chi connectivity index (χ2n) is 8.73. The van der Waals surface area contributed by atoms with Gasteiger partial charge in [0, 0.05) is 23.8 Å². The number of nitrogens with one attached hydrogen (secondary N) is 2. The zero-order chi connectivity index (χ0) is 19.3. The second-order valence-corrected chi connectivity index (χ2v) is 8.73. The van der Waals surface area contributed by atoms with Crippen LogP contribution < -0.4 is 11.1 Å². The minimum Gasteiger partial charge on any atom is -0.380 e. The van der Waals surface area contributed by atoms with Gasteiger partial charge < -0.3 is 20.8 Å². The minimum absolute atomic E-state index is 0.0559. The lowest BCUT2D eigenvalue weighted by atomic mass is 9.52. The largest absolute Gasteiger partial charge is 0.380 e. The molecule has 4 saturated carbocycles. The van der Waals surface area contributed by atoms with Gasteiger partial charge in [-0.05, 0) is 55.9 Å². The molecule has 1 amide bonds. The summed E-state index contributed by atoms with van der Waals surface area (Å²) in [6, 6.07) is 4.44. The normalized spacial score (nSPS) is 33.1. The van der Waals surface area contributed by atoms with Crippen LogP contribution in [0.4, 0.5) is 5.69 Å². The molecular weight excluding hydrogens is 354 g/mol. The van der Waals surface area contributed by atoms with Crippen LogP contribution in [0.2, 0.25) is 0 Å². The predicted molar refractivity (Wildman–Crippen MR) is 104 cm³/mol. The molecule has 2 aromatic rings. The Morgan fingerprint density at radius 3 is 2.89 bits per heavy atom. The Morgan fingerprint density at radius 1 is 1.39 bits per heavy atom. The molecule has 4 fully saturated rings. The van der Waals surface area contributed by atoms with Gasteiger partial charge in [0.05, 0.1) is 35.9 Å². The highest BCUT2D eigenvalue weighted by molar-refractivity contribution is 6.06. The van der Waals surface area contributed by atoms with Crippen LogP contribution in [0, 0.1) is 29.1 Å². The van der Waals surface area contributed by atoms with Crippen molar-refractivity contribution >= 4 is 22.6 Å². The first-order chi connectivity index (χ1) is 13.6. The summed E-state index contributed by atoms with van der Waals surface area (Å²) in [4.78, 5) is 19.4. The third-order valence-corrected chi connectivity index (χ3v) is 7.00. The molecule has 0 spiro atoms. The number of rotatable bonds is 6. The first-order valence-corrected chi connectivity index (χ1v) is 10.1. The van der Waals surface area contributed by atoms with E-state index in [1.807, 2.05) is 12.3 Å². The molecule has 5 atom stereocenters. The molecular formula is C21H25N5O2. The Hall–Kier alpha value is -2.59. The summed E-state index contributed by atoms with van der Waals surface area (Å²) in [6.45, 7) is 0.529. The molecule has 0 radical (unpaired) electrons. The maximum Gasteiger partial charge on any atom is 0.252 e. The standard InChI is InChI=1S/C21H25N5O2/c22-3-1-5-28-21-8-12-6-13(9-21)17(14(7-12)10-21)26-18-15-2-4-24-20(15)25-11-16(18)19(23)27/h2,4,11-14,17H,1,5-10H2,(H2,23,27)(H2,24,25,26)/t12?,13-,14+,17-,21-. The molecule has 7 heteroatoms. The molecule has 4 aliphatic rings. The number of amides is 1. The van der Waals surface area contributed by atoms with Crippen molar-refractivity contribution in [1.82, 2.24) is 9.97 Å². The SMILES string of the molecule is N#CCCO[C@]12CC3C[C@H](C1)[C@@H](Nc1c(C(N)=O)cnc4[nH]ccc14)[C@@H](C3)C2. The van der Waals surface area contributed by atoms with Gasteiger partial charge in [-0.2, -0.15) is 5.26 Å². The molecule has 4 N–H and O–H groups in total. The van der Waals surface area contributed by atoms with E-state index in [1.54, 1.807) is 6.20 Å². The number of ether oxygens (including phenoxy) is 1. The summed E-state index contributed by atoms with van der Waals surface area (Å²) in [5.74, 6) is 1.27. The molecule has 2 heterocycles. The average Bonchev–Trinajstić information content (AvgIpc) is 3.13. The van der Waals surface area contributed by atoms with Crippen molar-refractivity contribution in [3.8, 4) is 6.07 Å². The summed E-state index contributed by atoms with van der Waals surface area (Å²) in [6.07, 6.45) is 9.42. The molecule has 28 heavy (non-hydrogen) atoms. The van der Waals surface area contributed by atoms with Crippen LogP contribution in [0.1, 0.15) is 48.9 Å². The summed E-state index contributed by atoms with van der Waals surface area (Å²) in [5, 5.41) is 13.5. The van der Waals surface area contributed by atoms with Gasteiger partial charge >= 0.3 is 0 Å². The lowest BCUT2D eigenvalue weighted by Crippen LogP contribution is -2.60. The van der Waals surface area contributed by atoms with Gasteiger partial charge in [-0.25, -0.2) is 4.98 Å². The fraction of sp³-hybridized carbons (Fsp3) is 0.571. The van der Waals surface area contributed by atoms with Crippen LogP contribution >= 0.6 is 0 Å². The molecule has 0 aromatic carbocycles. The smallest absolute Gasteiger partial charge is 0.252 e. The van der Waals surface area contributed by atoms with Crippen molar-refractivity contribution in [1.29, 1.82) is 5.26 Å². The maximum atomic E-state index is 12.0. The predicted octanol–water partition coefficient (Wildman–Crippen LogP) is 2.95. The molecule has 2 aromatic heterocycles. The van der Waals surface area contributed by atoms with Crippen LogP contribution in [0.15, 0.2) is 18.5 Å². The third kappa shape index (κ3) is 2.75. The molecule has 6 rings (SSSR count). The van der Waals surface area contributed by atoms with Crippen LogP contribution in [0.3, 0.4) is 0 Å². The van der Waals surface area contributed by atoms with Gasteiger partial charge in [0.2, 0.25) is 0 Å². The quantitative estimate of drug-likeness (QED) is 0.667. The number of hydrogen-bond acceptors (Lipinski definition) is 5. The molecule has 146 valence electrons. The maximum absolute atomic E-state index is 12.0. The Morgan fingerprint density at radius 2 is 2.18 bits per heavy atom. The first-order valence-electron chi connectivity index (χ1n) is 10.1. The number of carbonyl (C=O) groups excluding carboxylic acids is 1. The lowest BCUT2D eigenvalue weighted by Gasteiger charge is -2.59. The highest BCUT2D eigenvalue weighted by atomic mass is 16.5. The van der Waals surface area contributed by atoms with Crippen molar-refractivity contribution in [3.05, 3.63) is 24.0 Å². The van der Waals surface area contributed by atoms with Crippen molar-refractivity contribution in [2.24, 2.45) is 23.5 Å². The fourth-order valence-electron chi connectivity index (χ4n) is 6.19. The Kier molecular flexibility index (Phi) is 4.06. The number of pyridine rings is 1. The number of aromatic amines is 1. The number of aromatic nitrogens is 2. The number of fused-ring (bicyclic) bond motifs is 1. The molecule has 4 bridgehead atoms. The Balaban J connectivity index is 1.43. The molecule has 7 nitrogen and oxygen atoms in total. The van der Waals surface area contributed by atoms with Gasteiger partial charge in [0.25, 0.3) is 5.91 Å². The van der Waals surface area contributed by atoms with E-state index >= 15 is 0 Å². The Labute approximate surface area is 163 Å². The van der Waals surface area contributed by atoms with E-state index in [-0.39, 0.29) is 5.60 Å². The van der Waals surface area contributed by atoms with Crippen molar-refractivity contribution in [2.75, 3.05) is 11.9 Å². The van der Waals surface area contributed by atoms with E-state index < -0.39 is 5.91 Å². The number of hydrogen-bond donors (Lipinski definition) is 3. The topological polar surface area (TPSA) is 117 Å². The molecule has 0 saturated heterocycles. The highest BCUT2D eigenvalue weighted by Gasteiger charge is 2.56. The van der Waals surface area contributed by atoms with E-state index in [9.17, 15) is 4.79 Å². The van der Waals surface area contributed by atoms with Gasteiger partial charge in [-0.3, -0.25) is 4.79 Å². The molecule has 0 aliphatic heterocycles. The first kappa shape index (κ1) is 17.5.